The minimum atomic E-state index is -0.0894. The van der Waals surface area contributed by atoms with Crippen LogP contribution in [0, 0.1) is 0 Å². The van der Waals surface area contributed by atoms with Crippen LogP contribution in [-0.2, 0) is 9.59 Å². The average Bonchev–Trinajstić information content (AvgIpc) is 2.26. The predicted molar refractivity (Wildman–Crippen MR) is 53.9 cm³/mol. The van der Waals surface area contributed by atoms with E-state index < -0.39 is 0 Å². The van der Waals surface area contributed by atoms with Gasteiger partial charge in [-0.25, -0.2) is 0 Å². The number of piperidine rings is 1. The fourth-order valence-electron chi connectivity index (χ4n) is 1.51. The molecule has 1 rings (SSSR count). The van der Waals surface area contributed by atoms with Crippen LogP contribution in [0.5, 0.6) is 0 Å². The molecule has 1 saturated heterocycles. The van der Waals surface area contributed by atoms with E-state index in [4.69, 9.17) is 0 Å². The van der Waals surface area contributed by atoms with Crippen LogP contribution in [0.1, 0.15) is 32.6 Å². The third kappa shape index (κ3) is 3.46. The van der Waals surface area contributed by atoms with Crippen molar-refractivity contribution in [2.24, 2.45) is 0 Å². The van der Waals surface area contributed by atoms with E-state index in [9.17, 15) is 9.59 Å². The molecule has 1 heterocycles. The number of amides is 1. The van der Waals surface area contributed by atoms with E-state index in [1.165, 1.54) is 0 Å². The standard InChI is InChI=1S/C10H18N2O2/c1-2-8(13)7-12-10(14)9-5-3-4-6-11-9/h9,11H,2-7H2,1H3,(H,12,14). The van der Waals surface area contributed by atoms with Crippen LogP contribution in [0.25, 0.3) is 0 Å². The van der Waals surface area contributed by atoms with Crippen LogP contribution >= 0.6 is 0 Å². The summed E-state index contributed by atoms with van der Waals surface area (Å²) in [4.78, 5) is 22.5. The molecule has 1 aliphatic rings. The molecular formula is C10H18N2O2. The molecule has 14 heavy (non-hydrogen) atoms. The molecule has 0 aromatic rings. The second-order valence-electron chi connectivity index (χ2n) is 3.61. The summed E-state index contributed by atoms with van der Waals surface area (Å²) in [6.07, 6.45) is 3.59. The van der Waals surface area contributed by atoms with Gasteiger partial charge in [0.25, 0.3) is 0 Å². The Kier molecular flexibility index (Phi) is 4.59. The molecule has 1 fully saturated rings. The van der Waals surface area contributed by atoms with Crippen molar-refractivity contribution in [3.63, 3.8) is 0 Å². The van der Waals surface area contributed by atoms with Gasteiger partial charge in [-0.3, -0.25) is 9.59 Å². The molecule has 0 radical (unpaired) electrons. The Labute approximate surface area is 84.4 Å². The molecule has 0 spiro atoms. The van der Waals surface area contributed by atoms with Gasteiger partial charge < -0.3 is 10.6 Å². The molecule has 0 aromatic heterocycles. The molecule has 80 valence electrons. The zero-order valence-corrected chi connectivity index (χ0v) is 8.64. The Bertz CT molecular complexity index is 210. The molecule has 0 saturated carbocycles. The van der Waals surface area contributed by atoms with E-state index >= 15 is 0 Å². The van der Waals surface area contributed by atoms with Crippen LogP contribution in [0.15, 0.2) is 0 Å². The summed E-state index contributed by atoms with van der Waals surface area (Å²) in [7, 11) is 0. The van der Waals surface area contributed by atoms with Crippen molar-refractivity contribution in [2.45, 2.75) is 38.6 Å². The van der Waals surface area contributed by atoms with E-state index in [-0.39, 0.29) is 24.3 Å². The maximum absolute atomic E-state index is 11.5. The van der Waals surface area contributed by atoms with Gasteiger partial charge in [-0.1, -0.05) is 13.3 Å². The van der Waals surface area contributed by atoms with Crippen molar-refractivity contribution in [1.29, 1.82) is 0 Å². The van der Waals surface area contributed by atoms with Gasteiger partial charge in [0.05, 0.1) is 12.6 Å². The lowest BCUT2D eigenvalue weighted by molar-refractivity contribution is -0.126. The first kappa shape index (κ1) is 11.2. The van der Waals surface area contributed by atoms with Gasteiger partial charge in [0.2, 0.25) is 5.91 Å². The van der Waals surface area contributed by atoms with E-state index in [2.05, 4.69) is 10.6 Å². The number of nitrogens with one attached hydrogen (secondary N) is 2. The van der Waals surface area contributed by atoms with Crippen molar-refractivity contribution in [2.75, 3.05) is 13.1 Å². The summed E-state index contributed by atoms with van der Waals surface area (Å²) in [6, 6.07) is -0.0894. The van der Waals surface area contributed by atoms with Crippen LogP contribution in [0.2, 0.25) is 0 Å². The smallest absolute Gasteiger partial charge is 0.237 e. The highest BCUT2D eigenvalue weighted by Crippen LogP contribution is 2.06. The maximum atomic E-state index is 11.5. The number of hydrogen-bond donors (Lipinski definition) is 2. The quantitative estimate of drug-likeness (QED) is 0.679. The molecule has 2 N–H and O–H groups in total. The van der Waals surface area contributed by atoms with Crippen LogP contribution in [-0.4, -0.2) is 30.8 Å². The molecule has 4 nitrogen and oxygen atoms in total. The maximum Gasteiger partial charge on any atom is 0.237 e. The second-order valence-corrected chi connectivity index (χ2v) is 3.61. The van der Waals surface area contributed by atoms with E-state index in [1.807, 2.05) is 0 Å². The molecule has 0 aliphatic carbocycles. The minimum absolute atomic E-state index is 0.0356. The monoisotopic (exact) mass is 198 g/mol. The van der Waals surface area contributed by atoms with Crippen LogP contribution in [0.4, 0.5) is 0 Å². The Morgan fingerprint density at radius 1 is 1.43 bits per heavy atom. The summed E-state index contributed by atoms with van der Waals surface area (Å²) in [5.41, 5.74) is 0. The zero-order valence-electron chi connectivity index (χ0n) is 8.64. The van der Waals surface area contributed by atoms with Gasteiger partial charge in [-0.05, 0) is 19.4 Å². The number of Topliss-reactive ketones (excluding diaryl/α,β-unsaturated/α-hetero) is 1. The molecule has 1 unspecified atom stereocenters. The lowest BCUT2D eigenvalue weighted by atomic mass is 10.0. The normalized spacial score (nSPS) is 21.6. The molecule has 1 amide bonds. The van der Waals surface area contributed by atoms with Crippen molar-refractivity contribution >= 4 is 11.7 Å². The molecule has 0 aromatic carbocycles. The van der Waals surface area contributed by atoms with Crippen LogP contribution in [0.3, 0.4) is 0 Å². The van der Waals surface area contributed by atoms with Crippen molar-refractivity contribution in [3.05, 3.63) is 0 Å². The molecular weight excluding hydrogens is 180 g/mol. The summed E-state index contributed by atoms with van der Waals surface area (Å²) in [5.74, 6) is 0.0423. The first-order valence-corrected chi connectivity index (χ1v) is 5.27. The Hall–Kier alpha value is -0.900. The van der Waals surface area contributed by atoms with Crippen molar-refractivity contribution in [1.82, 2.24) is 10.6 Å². The van der Waals surface area contributed by atoms with E-state index in [0.717, 1.165) is 25.8 Å². The fraction of sp³-hybridized carbons (Fsp3) is 0.800. The largest absolute Gasteiger partial charge is 0.348 e. The molecule has 4 heteroatoms. The molecule has 1 atom stereocenters. The number of carbonyl (C=O) groups is 2. The first-order valence-electron chi connectivity index (χ1n) is 5.27. The highest BCUT2D eigenvalue weighted by atomic mass is 16.2. The number of carbonyl (C=O) groups excluding carboxylic acids is 2. The number of rotatable bonds is 4. The highest BCUT2D eigenvalue weighted by Gasteiger charge is 2.20. The number of ketones is 1. The zero-order chi connectivity index (χ0) is 10.4. The van der Waals surface area contributed by atoms with Gasteiger partial charge >= 0.3 is 0 Å². The topological polar surface area (TPSA) is 58.2 Å². The average molecular weight is 198 g/mol. The number of hydrogen-bond acceptors (Lipinski definition) is 3. The summed E-state index contributed by atoms with van der Waals surface area (Å²) < 4.78 is 0. The van der Waals surface area contributed by atoms with Crippen molar-refractivity contribution < 1.29 is 9.59 Å². The third-order valence-electron chi connectivity index (χ3n) is 2.48. The molecule has 0 bridgehead atoms. The van der Waals surface area contributed by atoms with Gasteiger partial charge in [0, 0.05) is 6.42 Å². The van der Waals surface area contributed by atoms with Crippen LogP contribution < -0.4 is 10.6 Å². The van der Waals surface area contributed by atoms with E-state index in [1.54, 1.807) is 6.92 Å². The lowest BCUT2D eigenvalue weighted by Crippen LogP contribution is -2.47. The summed E-state index contributed by atoms with van der Waals surface area (Å²) in [6.45, 7) is 2.88. The fourth-order valence-corrected chi connectivity index (χ4v) is 1.51. The van der Waals surface area contributed by atoms with E-state index in [0.29, 0.717) is 6.42 Å². The van der Waals surface area contributed by atoms with Gasteiger partial charge in [-0.15, -0.1) is 0 Å². The Morgan fingerprint density at radius 2 is 2.21 bits per heavy atom. The molecule has 1 aliphatic heterocycles. The van der Waals surface area contributed by atoms with Gasteiger partial charge in [0.1, 0.15) is 0 Å². The Morgan fingerprint density at radius 3 is 2.79 bits per heavy atom. The predicted octanol–water partition coefficient (Wildman–Crippen LogP) is 0.224. The minimum Gasteiger partial charge on any atom is -0.348 e. The highest BCUT2D eigenvalue weighted by molar-refractivity contribution is 5.88. The third-order valence-corrected chi connectivity index (χ3v) is 2.48. The SMILES string of the molecule is CCC(=O)CNC(=O)C1CCCCN1. The van der Waals surface area contributed by atoms with Gasteiger partial charge in [0.15, 0.2) is 5.78 Å². The second kappa shape index (κ2) is 5.75. The Balaban J connectivity index is 2.23. The lowest BCUT2D eigenvalue weighted by Gasteiger charge is -2.22. The van der Waals surface area contributed by atoms with Crippen molar-refractivity contribution in [3.8, 4) is 0 Å². The summed E-state index contributed by atoms with van der Waals surface area (Å²) in [5, 5.41) is 5.79. The summed E-state index contributed by atoms with van der Waals surface area (Å²) >= 11 is 0. The van der Waals surface area contributed by atoms with Gasteiger partial charge in [-0.2, -0.15) is 0 Å². The first-order chi connectivity index (χ1) is 6.74.